The number of rotatable bonds is 8. The number of nitrogens with one attached hydrogen (secondary N) is 1. The molecular formula is C14H30N2. The van der Waals surface area contributed by atoms with Crippen molar-refractivity contribution < 1.29 is 0 Å². The summed E-state index contributed by atoms with van der Waals surface area (Å²) in [5.41, 5.74) is 0.599. The zero-order valence-electron chi connectivity index (χ0n) is 11.7. The minimum Gasteiger partial charge on any atom is -0.319 e. The van der Waals surface area contributed by atoms with Crippen LogP contribution < -0.4 is 5.32 Å². The molecule has 0 aromatic heterocycles. The Bertz CT molecular complexity index is 185. The summed E-state index contributed by atoms with van der Waals surface area (Å²) in [5, 5.41) is 3.36. The van der Waals surface area contributed by atoms with Crippen LogP contribution in [0.3, 0.4) is 0 Å². The molecule has 1 aliphatic rings. The molecule has 1 aliphatic carbocycles. The van der Waals surface area contributed by atoms with Crippen LogP contribution in [0, 0.1) is 11.3 Å². The van der Waals surface area contributed by atoms with Crippen LogP contribution in [-0.4, -0.2) is 38.6 Å². The van der Waals surface area contributed by atoms with Crippen LogP contribution >= 0.6 is 0 Å². The van der Waals surface area contributed by atoms with Gasteiger partial charge in [-0.1, -0.05) is 20.3 Å². The van der Waals surface area contributed by atoms with Gasteiger partial charge in [0.05, 0.1) is 0 Å². The average molecular weight is 226 g/mol. The van der Waals surface area contributed by atoms with Crippen molar-refractivity contribution in [2.24, 2.45) is 11.3 Å². The molecule has 1 fully saturated rings. The van der Waals surface area contributed by atoms with Crippen molar-refractivity contribution in [1.29, 1.82) is 0 Å². The van der Waals surface area contributed by atoms with Crippen LogP contribution in [0.25, 0.3) is 0 Å². The van der Waals surface area contributed by atoms with E-state index in [1.807, 2.05) is 0 Å². The Morgan fingerprint density at radius 2 is 2.00 bits per heavy atom. The molecule has 0 aromatic carbocycles. The highest BCUT2D eigenvalue weighted by Gasteiger charge is 2.36. The maximum absolute atomic E-state index is 3.36. The van der Waals surface area contributed by atoms with Crippen molar-refractivity contribution in [1.82, 2.24) is 10.2 Å². The Labute approximate surface area is 102 Å². The summed E-state index contributed by atoms with van der Waals surface area (Å²) in [7, 11) is 4.37. The second-order valence-electron chi connectivity index (χ2n) is 6.16. The predicted octanol–water partition coefficient (Wildman–Crippen LogP) is 2.74. The van der Waals surface area contributed by atoms with Crippen LogP contribution in [0.2, 0.25) is 0 Å². The summed E-state index contributed by atoms with van der Waals surface area (Å²) in [4.78, 5) is 2.54. The maximum atomic E-state index is 3.36. The molecule has 1 N–H and O–H groups in total. The Balaban J connectivity index is 2.19. The van der Waals surface area contributed by atoms with Crippen molar-refractivity contribution >= 4 is 0 Å². The number of hydrogen-bond acceptors (Lipinski definition) is 2. The van der Waals surface area contributed by atoms with E-state index in [2.05, 4.69) is 38.2 Å². The van der Waals surface area contributed by atoms with E-state index in [1.165, 1.54) is 51.7 Å². The summed E-state index contributed by atoms with van der Waals surface area (Å²) in [5.74, 6) is 0.850. The fraction of sp³-hybridized carbons (Fsp3) is 1.00. The molecule has 0 atom stereocenters. The minimum absolute atomic E-state index is 0.599. The van der Waals surface area contributed by atoms with E-state index in [0.29, 0.717) is 5.41 Å². The van der Waals surface area contributed by atoms with E-state index >= 15 is 0 Å². The summed E-state index contributed by atoms with van der Waals surface area (Å²) in [6.45, 7) is 8.37. The van der Waals surface area contributed by atoms with Gasteiger partial charge in [0.15, 0.2) is 0 Å². The molecule has 0 amide bonds. The fourth-order valence-corrected chi connectivity index (χ4v) is 2.86. The van der Waals surface area contributed by atoms with Crippen molar-refractivity contribution in [3.63, 3.8) is 0 Å². The van der Waals surface area contributed by atoms with Gasteiger partial charge in [0, 0.05) is 13.1 Å². The first-order valence-electron chi connectivity index (χ1n) is 6.91. The summed E-state index contributed by atoms with van der Waals surface area (Å²) >= 11 is 0. The van der Waals surface area contributed by atoms with E-state index in [-0.39, 0.29) is 0 Å². The molecule has 1 saturated carbocycles. The lowest BCUT2D eigenvalue weighted by Gasteiger charge is -2.44. The SMILES string of the molecule is CNCC1(CN(C)CCCC(C)C)CCC1. The highest BCUT2D eigenvalue weighted by atomic mass is 15.1. The van der Waals surface area contributed by atoms with Gasteiger partial charge in [0.1, 0.15) is 0 Å². The second-order valence-corrected chi connectivity index (χ2v) is 6.16. The topological polar surface area (TPSA) is 15.3 Å². The number of hydrogen-bond donors (Lipinski definition) is 1. The van der Waals surface area contributed by atoms with Gasteiger partial charge >= 0.3 is 0 Å². The van der Waals surface area contributed by atoms with Crippen molar-refractivity contribution in [3.8, 4) is 0 Å². The Hall–Kier alpha value is -0.0800. The van der Waals surface area contributed by atoms with Gasteiger partial charge in [-0.2, -0.15) is 0 Å². The molecule has 0 unspecified atom stereocenters. The lowest BCUT2D eigenvalue weighted by atomic mass is 9.68. The zero-order chi connectivity index (χ0) is 12.0. The minimum atomic E-state index is 0.599. The fourth-order valence-electron chi connectivity index (χ4n) is 2.86. The molecule has 0 saturated heterocycles. The first kappa shape index (κ1) is 14.0. The second kappa shape index (κ2) is 6.61. The van der Waals surface area contributed by atoms with Crippen LogP contribution in [0.5, 0.6) is 0 Å². The summed E-state index contributed by atoms with van der Waals surface area (Å²) in [6.07, 6.45) is 6.99. The van der Waals surface area contributed by atoms with Gasteiger partial charge in [-0.3, -0.25) is 0 Å². The molecular weight excluding hydrogens is 196 g/mol. The van der Waals surface area contributed by atoms with Crippen molar-refractivity contribution in [2.75, 3.05) is 33.7 Å². The summed E-state index contributed by atoms with van der Waals surface area (Å²) in [6, 6.07) is 0. The monoisotopic (exact) mass is 226 g/mol. The molecule has 1 rings (SSSR count). The van der Waals surface area contributed by atoms with E-state index in [1.54, 1.807) is 0 Å². The van der Waals surface area contributed by atoms with Gasteiger partial charge in [-0.15, -0.1) is 0 Å². The zero-order valence-corrected chi connectivity index (χ0v) is 11.7. The van der Waals surface area contributed by atoms with Crippen LogP contribution in [-0.2, 0) is 0 Å². The van der Waals surface area contributed by atoms with Gasteiger partial charge < -0.3 is 10.2 Å². The van der Waals surface area contributed by atoms with E-state index in [4.69, 9.17) is 0 Å². The quantitative estimate of drug-likeness (QED) is 0.684. The summed E-state index contributed by atoms with van der Waals surface area (Å²) < 4.78 is 0. The molecule has 96 valence electrons. The lowest BCUT2D eigenvalue weighted by molar-refractivity contribution is 0.0787. The van der Waals surface area contributed by atoms with Crippen LogP contribution in [0.4, 0.5) is 0 Å². The normalized spacial score (nSPS) is 19.1. The molecule has 0 bridgehead atoms. The first-order chi connectivity index (χ1) is 7.58. The first-order valence-corrected chi connectivity index (χ1v) is 6.91. The van der Waals surface area contributed by atoms with Crippen molar-refractivity contribution in [2.45, 2.75) is 46.0 Å². The van der Waals surface area contributed by atoms with E-state index < -0.39 is 0 Å². The smallest absolute Gasteiger partial charge is 0.00471 e. The Kier molecular flexibility index (Phi) is 5.77. The molecule has 0 aromatic rings. The molecule has 0 radical (unpaired) electrons. The molecule has 0 aliphatic heterocycles. The highest BCUT2D eigenvalue weighted by molar-refractivity contribution is 4.91. The van der Waals surface area contributed by atoms with Crippen LogP contribution in [0.15, 0.2) is 0 Å². The van der Waals surface area contributed by atoms with Crippen LogP contribution in [0.1, 0.15) is 46.0 Å². The standard InChI is InChI=1S/C14H30N2/c1-13(2)7-5-10-16(4)12-14(11-15-3)8-6-9-14/h13,15H,5-12H2,1-4H3. The lowest BCUT2D eigenvalue weighted by Crippen LogP contribution is -2.47. The molecule has 2 nitrogen and oxygen atoms in total. The van der Waals surface area contributed by atoms with E-state index in [9.17, 15) is 0 Å². The largest absolute Gasteiger partial charge is 0.319 e. The van der Waals surface area contributed by atoms with Crippen molar-refractivity contribution in [3.05, 3.63) is 0 Å². The molecule has 2 heteroatoms. The Morgan fingerprint density at radius 3 is 2.44 bits per heavy atom. The van der Waals surface area contributed by atoms with Gasteiger partial charge in [-0.25, -0.2) is 0 Å². The Morgan fingerprint density at radius 1 is 1.31 bits per heavy atom. The number of nitrogens with zero attached hydrogens (tertiary/aromatic N) is 1. The third-order valence-electron chi connectivity index (χ3n) is 3.89. The molecule has 16 heavy (non-hydrogen) atoms. The molecule has 0 heterocycles. The average Bonchev–Trinajstić information content (AvgIpc) is 2.14. The third kappa shape index (κ3) is 4.42. The van der Waals surface area contributed by atoms with E-state index in [0.717, 1.165) is 5.92 Å². The van der Waals surface area contributed by atoms with Gasteiger partial charge in [-0.05, 0) is 57.7 Å². The predicted molar refractivity (Wildman–Crippen MR) is 71.8 cm³/mol. The highest BCUT2D eigenvalue weighted by Crippen LogP contribution is 2.40. The van der Waals surface area contributed by atoms with Gasteiger partial charge in [0.2, 0.25) is 0 Å². The molecule has 0 spiro atoms. The van der Waals surface area contributed by atoms with Gasteiger partial charge in [0.25, 0.3) is 0 Å². The third-order valence-corrected chi connectivity index (χ3v) is 3.89. The maximum Gasteiger partial charge on any atom is 0.00471 e.